The van der Waals surface area contributed by atoms with Crippen LogP contribution in [0, 0.1) is 0 Å². The molecule has 0 spiro atoms. The number of anilines is 1. The van der Waals surface area contributed by atoms with Gasteiger partial charge in [-0.15, -0.1) is 11.3 Å². The molecule has 0 aliphatic rings. The topological polar surface area (TPSA) is 103 Å². The van der Waals surface area contributed by atoms with Crippen molar-refractivity contribution in [1.29, 1.82) is 0 Å². The molecule has 0 aliphatic heterocycles. The zero-order chi connectivity index (χ0) is 21.7. The molecule has 0 atom stereocenters. The molecule has 4 N–H and O–H groups in total. The van der Waals surface area contributed by atoms with Crippen molar-refractivity contribution in [2.24, 2.45) is 5.10 Å². The molecule has 0 fully saturated rings. The largest absolute Gasteiger partial charge is 0.506 e. The summed E-state index contributed by atoms with van der Waals surface area (Å²) >= 11 is 6.63. The molecule has 2 aromatic carbocycles. The van der Waals surface area contributed by atoms with E-state index < -0.39 is 5.97 Å². The van der Waals surface area contributed by atoms with Crippen LogP contribution >= 0.6 is 23.6 Å². The molecule has 9 heteroatoms. The number of thiocarbonyl (C=S) groups is 1. The van der Waals surface area contributed by atoms with E-state index in [1.54, 1.807) is 26.2 Å². The second kappa shape index (κ2) is 9.38. The summed E-state index contributed by atoms with van der Waals surface area (Å²) in [6, 6.07) is 13.6. The fraction of sp³-hybridized carbons (Fsp3) is 0.0952. The first kappa shape index (κ1) is 21.3. The van der Waals surface area contributed by atoms with Crippen LogP contribution in [0.3, 0.4) is 0 Å². The molecule has 0 aliphatic carbocycles. The summed E-state index contributed by atoms with van der Waals surface area (Å²) in [5, 5.41) is 28.8. The van der Waals surface area contributed by atoms with Crippen LogP contribution in [0.1, 0.15) is 22.8 Å². The quantitative estimate of drug-likeness (QED) is 0.253. The highest BCUT2D eigenvalue weighted by Gasteiger charge is 2.15. The molecule has 1 heterocycles. The molecule has 3 aromatic rings. The Morgan fingerprint density at radius 1 is 1.13 bits per heavy atom. The third-order valence-corrected chi connectivity index (χ3v) is 5.43. The third kappa shape index (κ3) is 4.94. The Balaban J connectivity index is 1.67. The Morgan fingerprint density at radius 2 is 1.80 bits per heavy atom. The Morgan fingerprint density at radius 3 is 2.40 bits per heavy atom. The highest BCUT2D eigenvalue weighted by Crippen LogP contribution is 2.39. The molecule has 0 unspecified atom stereocenters. The molecule has 0 amide bonds. The predicted octanol–water partition coefficient (Wildman–Crippen LogP) is 4.54. The number of carboxylic acids is 1. The van der Waals surface area contributed by atoms with Crippen molar-refractivity contribution >= 4 is 46.0 Å². The number of aromatic hydroxyl groups is 1. The average molecular weight is 442 g/mol. The number of hydrogen-bond donors (Lipinski definition) is 4. The first-order valence-corrected chi connectivity index (χ1v) is 10.1. The summed E-state index contributed by atoms with van der Waals surface area (Å²) in [5.74, 6) is -0.0982. The molecule has 0 bridgehead atoms. The summed E-state index contributed by atoms with van der Waals surface area (Å²) in [5.41, 5.74) is 5.60. The van der Waals surface area contributed by atoms with Gasteiger partial charge in [0, 0.05) is 11.1 Å². The minimum absolute atomic E-state index is 0.149. The van der Waals surface area contributed by atoms with Gasteiger partial charge in [0.15, 0.2) is 5.11 Å². The van der Waals surface area contributed by atoms with Crippen molar-refractivity contribution in [1.82, 2.24) is 5.43 Å². The second-order valence-corrected chi connectivity index (χ2v) is 7.49. The van der Waals surface area contributed by atoms with Gasteiger partial charge in [0.1, 0.15) is 11.5 Å². The lowest BCUT2D eigenvalue weighted by molar-refractivity contribution is 0.0697. The van der Waals surface area contributed by atoms with E-state index in [2.05, 4.69) is 15.8 Å². The monoisotopic (exact) mass is 441 g/mol. The fourth-order valence-electron chi connectivity index (χ4n) is 2.61. The summed E-state index contributed by atoms with van der Waals surface area (Å²) in [6.45, 7) is 1.76. The summed E-state index contributed by atoms with van der Waals surface area (Å²) in [7, 11) is 1.60. The number of hydrazone groups is 1. The summed E-state index contributed by atoms with van der Waals surface area (Å²) in [6.07, 6.45) is 0. The van der Waals surface area contributed by atoms with Gasteiger partial charge in [-0.1, -0.05) is 0 Å². The average Bonchev–Trinajstić information content (AvgIpc) is 3.14. The molecular weight excluding hydrogens is 422 g/mol. The zero-order valence-corrected chi connectivity index (χ0v) is 17.8. The van der Waals surface area contributed by atoms with Gasteiger partial charge < -0.3 is 20.3 Å². The lowest BCUT2D eigenvalue weighted by Gasteiger charge is -2.08. The van der Waals surface area contributed by atoms with Crippen LogP contribution in [0.4, 0.5) is 5.69 Å². The van der Waals surface area contributed by atoms with E-state index in [4.69, 9.17) is 22.1 Å². The number of aromatic carboxylic acids is 1. The molecule has 1 aromatic heterocycles. The van der Waals surface area contributed by atoms with Gasteiger partial charge in [0.05, 0.1) is 28.8 Å². The number of nitrogens with zero attached hydrogens (tertiary/aromatic N) is 1. The van der Waals surface area contributed by atoms with Gasteiger partial charge in [0.25, 0.3) is 0 Å². The van der Waals surface area contributed by atoms with E-state index in [1.807, 2.05) is 29.6 Å². The summed E-state index contributed by atoms with van der Waals surface area (Å²) in [4.78, 5) is 11.6. The number of methoxy groups -OCH3 is 1. The predicted molar refractivity (Wildman–Crippen MR) is 123 cm³/mol. The van der Waals surface area contributed by atoms with Crippen LogP contribution in [0.25, 0.3) is 10.4 Å². The first-order chi connectivity index (χ1) is 14.4. The maximum atomic E-state index is 10.9. The van der Waals surface area contributed by atoms with Crippen LogP contribution in [0.2, 0.25) is 0 Å². The maximum absolute atomic E-state index is 10.9. The molecule has 0 radical (unpaired) electrons. The van der Waals surface area contributed by atoms with Crippen LogP contribution in [0.15, 0.2) is 59.0 Å². The normalized spacial score (nSPS) is 11.1. The summed E-state index contributed by atoms with van der Waals surface area (Å²) < 4.78 is 5.16. The van der Waals surface area contributed by atoms with Gasteiger partial charge in [-0.25, -0.2) is 4.79 Å². The van der Waals surface area contributed by atoms with E-state index in [0.29, 0.717) is 17.0 Å². The lowest BCUT2D eigenvalue weighted by Crippen LogP contribution is -2.24. The lowest BCUT2D eigenvalue weighted by atomic mass is 10.1. The van der Waals surface area contributed by atoms with Crippen molar-refractivity contribution in [3.8, 4) is 21.9 Å². The highest BCUT2D eigenvalue weighted by molar-refractivity contribution is 7.80. The Hall–Kier alpha value is -3.43. The molecule has 154 valence electrons. The van der Waals surface area contributed by atoms with Crippen LogP contribution in [-0.2, 0) is 0 Å². The molecule has 7 nitrogen and oxygen atoms in total. The standard InChI is InChI=1S/C21H19N3O4S2/c1-12(23-24-21(29)22-15-7-3-14(4-8-15)20(26)27)17-11-30-19(18(17)25)13-5-9-16(28-2)10-6-13/h3-11,25H,1-2H3,(H,26,27)(H2,22,24,29). The van der Waals surface area contributed by atoms with Crippen molar-refractivity contribution in [3.63, 3.8) is 0 Å². The van der Waals surface area contributed by atoms with E-state index >= 15 is 0 Å². The van der Waals surface area contributed by atoms with E-state index in [0.717, 1.165) is 16.2 Å². The number of nitrogens with one attached hydrogen (secondary N) is 2. The number of thiophene rings is 1. The number of ether oxygens (including phenoxy) is 1. The third-order valence-electron chi connectivity index (χ3n) is 4.22. The van der Waals surface area contributed by atoms with Crippen LogP contribution in [-0.4, -0.2) is 34.1 Å². The number of benzene rings is 2. The second-order valence-electron chi connectivity index (χ2n) is 6.20. The Bertz CT molecular complexity index is 1090. The molecule has 30 heavy (non-hydrogen) atoms. The van der Waals surface area contributed by atoms with Gasteiger partial charge in [-0.05, 0) is 73.2 Å². The van der Waals surface area contributed by atoms with Crippen molar-refractivity contribution < 1.29 is 19.7 Å². The van der Waals surface area contributed by atoms with E-state index in [9.17, 15) is 9.90 Å². The Labute approximate surface area is 182 Å². The smallest absolute Gasteiger partial charge is 0.335 e. The van der Waals surface area contributed by atoms with Gasteiger partial charge in [-0.3, -0.25) is 5.43 Å². The molecular formula is C21H19N3O4S2. The van der Waals surface area contributed by atoms with E-state index in [-0.39, 0.29) is 16.4 Å². The molecule has 0 saturated heterocycles. The van der Waals surface area contributed by atoms with Crippen LogP contribution < -0.4 is 15.5 Å². The number of carbonyl (C=O) groups is 1. The zero-order valence-electron chi connectivity index (χ0n) is 16.2. The van der Waals surface area contributed by atoms with Crippen molar-refractivity contribution in [2.45, 2.75) is 6.92 Å². The minimum atomic E-state index is -0.993. The number of hydrogen-bond acceptors (Lipinski definition) is 6. The maximum Gasteiger partial charge on any atom is 0.335 e. The highest BCUT2D eigenvalue weighted by atomic mass is 32.1. The first-order valence-electron chi connectivity index (χ1n) is 8.79. The Kier molecular flexibility index (Phi) is 6.65. The molecule has 0 saturated carbocycles. The SMILES string of the molecule is COc1ccc(-c2scc(C(C)=NNC(=S)Nc3ccc(C(=O)O)cc3)c2O)cc1. The fourth-order valence-corrected chi connectivity index (χ4v) is 3.78. The molecule has 3 rings (SSSR count). The van der Waals surface area contributed by atoms with Gasteiger partial charge in [-0.2, -0.15) is 5.10 Å². The van der Waals surface area contributed by atoms with Crippen molar-refractivity contribution in [3.05, 3.63) is 65.0 Å². The van der Waals surface area contributed by atoms with Crippen LogP contribution in [0.5, 0.6) is 11.5 Å². The number of rotatable bonds is 6. The minimum Gasteiger partial charge on any atom is -0.506 e. The number of carboxylic acid groups (broad SMARTS) is 1. The van der Waals surface area contributed by atoms with Gasteiger partial charge in [0.2, 0.25) is 0 Å². The van der Waals surface area contributed by atoms with Crippen molar-refractivity contribution in [2.75, 3.05) is 12.4 Å². The van der Waals surface area contributed by atoms with E-state index in [1.165, 1.54) is 23.5 Å². The van der Waals surface area contributed by atoms with Gasteiger partial charge >= 0.3 is 5.97 Å².